The molecule has 1 aliphatic heterocycles. The van der Waals surface area contributed by atoms with Crippen LogP contribution in [0.15, 0.2) is 28.9 Å². The molecule has 1 aromatic carbocycles. The molecule has 2 heterocycles. The van der Waals surface area contributed by atoms with E-state index in [4.69, 9.17) is 0 Å². The number of likely N-dealkylation sites (N-methyl/N-ethyl adjacent to an activating group) is 1. The highest BCUT2D eigenvalue weighted by Crippen LogP contribution is 2.35. The second-order valence-electron chi connectivity index (χ2n) is 4.25. The Morgan fingerprint density at radius 2 is 2.00 bits per heavy atom. The summed E-state index contributed by atoms with van der Waals surface area (Å²) in [5.41, 5.74) is 1.47. The second kappa shape index (κ2) is 4.03. The SMILES string of the molecule is CN1C(=O)C(Br)=C(c2c[nH]c3cc(F)ccc23)C1=O. The normalized spacial score (nSPS) is 16.1. The number of carbonyl (C=O) groups excluding carboxylic acids is 2. The number of H-pyrrole nitrogens is 1. The molecule has 0 bridgehead atoms. The molecule has 2 aromatic rings. The second-order valence-corrected chi connectivity index (χ2v) is 5.04. The highest BCUT2D eigenvalue weighted by molar-refractivity contribution is 9.12. The van der Waals surface area contributed by atoms with Gasteiger partial charge in [-0.1, -0.05) is 0 Å². The molecule has 2 amide bonds. The number of benzene rings is 1. The van der Waals surface area contributed by atoms with Crippen molar-refractivity contribution in [3.8, 4) is 0 Å². The average Bonchev–Trinajstić information content (AvgIpc) is 2.86. The predicted octanol–water partition coefficient (Wildman–Crippen LogP) is 2.41. The molecule has 96 valence electrons. The van der Waals surface area contributed by atoms with Crippen molar-refractivity contribution in [2.45, 2.75) is 0 Å². The molecule has 1 aromatic heterocycles. The quantitative estimate of drug-likeness (QED) is 0.820. The first-order chi connectivity index (χ1) is 9.00. The summed E-state index contributed by atoms with van der Waals surface area (Å²) in [6.45, 7) is 0. The lowest BCUT2D eigenvalue weighted by atomic mass is 10.1. The van der Waals surface area contributed by atoms with Crippen molar-refractivity contribution in [3.63, 3.8) is 0 Å². The van der Waals surface area contributed by atoms with Crippen molar-refractivity contribution in [1.29, 1.82) is 0 Å². The molecule has 0 fully saturated rings. The van der Waals surface area contributed by atoms with E-state index in [9.17, 15) is 14.0 Å². The molecule has 6 heteroatoms. The minimum absolute atomic E-state index is 0.227. The Balaban J connectivity index is 2.26. The first kappa shape index (κ1) is 12.1. The number of hydrogen-bond acceptors (Lipinski definition) is 2. The molecule has 0 spiro atoms. The van der Waals surface area contributed by atoms with Gasteiger partial charge in [0.2, 0.25) is 0 Å². The summed E-state index contributed by atoms with van der Waals surface area (Å²) in [5.74, 6) is -1.11. The van der Waals surface area contributed by atoms with Gasteiger partial charge >= 0.3 is 0 Å². The first-order valence-electron chi connectivity index (χ1n) is 5.50. The Hall–Kier alpha value is -1.95. The summed E-state index contributed by atoms with van der Waals surface area (Å²) in [4.78, 5) is 27.7. The first-order valence-corrected chi connectivity index (χ1v) is 6.29. The number of nitrogens with one attached hydrogen (secondary N) is 1. The van der Waals surface area contributed by atoms with Crippen LogP contribution in [-0.4, -0.2) is 28.7 Å². The topological polar surface area (TPSA) is 53.2 Å². The largest absolute Gasteiger partial charge is 0.360 e. The van der Waals surface area contributed by atoms with E-state index >= 15 is 0 Å². The number of hydrogen-bond donors (Lipinski definition) is 1. The summed E-state index contributed by atoms with van der Waals surface area (Å²) >= 11 is 3.15. The van der Waals surface area contributed by atoms with Crippen molar-refractivity contribution in [1.82, 2.24) is 9.88 Å². The summed E-state index contributed by atoms with van der Waals surface area (Å²) in [6, 6.07) is 4.25. The number of halogens is 2. The monoisotopic (exact) mass is 322 g/mol. The van der Waals surface area contributed by atoms with Crippen LogP contribution in [0.4, 0.5) is 4.39 Å². The van der Waals surface area contributed by atoms with Crippen LogP contribution in [0.25, 0.3) is 16.5 Å². The Bertz CT molecular complexity index is 763. The third-order valence-electron chi connectivity index (χ3n) is 3.14. The van der Waals surface area contributed by atoms with Crippen LogP contribution < -0.4 is 0 Å². The highest BCUT2D eigenvalue weighted by Gasteiger charge is 2.36. The van der Waals surface area contributed by atoms with Gasteiger partial charge in [0.1, 0.15) is 5.82 Å². The van der Waals surface area contributed by atoms with Gasteiger partial charge in [0.05, 0.1) is 10.1 Å². The number of carbonyl (C=O) groups is 2. The van der Waals surface area contributed by atoms with E-state index in [1.165, 1.54) is 19.2 Å². The van der Waals surface area contributed by atoms with Gasteiger partial charge < -0.3 is 4.98 Å². The highest BCUT2D eigenvalue weighted by atomic mass is 79.9. The Labute approximate surface area is 116 Å². The number of aromatic nitrogens is 1. The number of aromatic amines is 1. The van der Waals surface area contributed by atoms with Crippen LogP contribution in [0.3, 0.4) is 0 Å². The van der Waals surface area contributed by atoms with Crippen LogP contribution in [0, 0.1) is 5.82 Å². The van der Waals surface area contributed by atoms with E-state index < -0.39 is 0 Å². The number of fused-ring (bicyclic) bond motifs is 1. The molecule has 4 nitrogen and oxygen atoms in total. The van der Waals surface area contributed by atoms with Gasteiger partial charge in [-0.05, 0) is 34.1 Å². The zero-order valence-corrected chi connectivity index (χ0v) is 11.4. The standard InChI is InChI=1S/C13H8BrFN2O2/c1-17-12(18)10(11(14)13(17)19)8-5-16-9-4-6(15)2-3-7(8)9/h2-5,16H,1H3. The van der Waals surface area contributed by atoms with Gasteiger partial charge in [-0.2, -0.15) is 0 Å². The molecule has 3 rings (SSSR count). The summed E-state index contributed by atoms with van der Waals surface area (Å²) in [6.07, 6.45) is 1.60. The van der Waals surface area contributed by atoms with E-state index in [1.54, 1.807) is 12.3 Å². The Morgan fingerprint density at radius 3 is 2.63 bits per heavy atom. The molecular formula is C13H8BrFN2O2. The summed E-state index contributed by atoms with van der Waals surface area (Å²) < 4.78 is 13.4. The molecule has 0 unspecified atom stereocenters. The molecular weight excluding hydrogens is 315 g/mol. The van der Waals surface area contributed by atoms with Gasteiger partial charge in [-0.25, -0.2) is 4.39 Å². The van der Waals surface area contributed by atoms with E-state index in [2.05, 4.69) is 20.9 Å². The lowest BCUT2D eigenvalue weighted by Gasteiger charge is -2.05. The van der Waals surface area contributed by atoms with Crippen molar-refractivity contribution in [3.05, 3.63) is 40.3 Å². The predicted molar refractivity (Wildman–Crippen MR) is 71.9 cm³/mol. The van der Waals surface area contributed by atoms with Gasteiger partial charge in [0.15, 0.2) is 0 Å². The molecule has 0 atom stereocenters. The van der Waals surface area contributed by atoms with Crippen molar-refractivity contribution < 1.29 is 14.0 Å². The van der Waals surface area contributed by atoms with Crippen LogP contribution in [0.1, 0.15) is 5.56 Å². The smallest absolute Gasteiger partial charge is 0.268 e. The van der Waals surface area contributed by atoms with E-state index in [0.717, 1.165) is 4.90 Å². The maximum absolute atomic E-state index is 13.1. The third-order valence-corrected chi connectivity index (χ3v) is 3.88. The number of imide groups is 1. The van der Waals surface area contributed by atoms with E-state index in [-0.39, 0.29) is 22.1 Å². The van der Waals surface area contributed by atoms with Crippen molar-refractivity contribution in [2.24, 2.45) is 0 Å². The van der Waals surface area contributed by atoms with E-state index in [0.29, 0.717) is 22.0 Å². The fourth-order valence-electron chi connectivity index (χ4n) is 2.15. The van der Waals surface area contributed by atoms with Gasteiger partial charge in [-0.15, -0.1) is 0 Å². The van der Waals surface area contributed by atoms with Crippen LogP contribution in [0.2, 0.25) is 0 Å². The third kappa shape index (κ3) is 1.63. The zero-order valence-electron chi connectivity index (χ0n) is 9.83. The maximum atomic E-state index is 13.1. The minimum atomic E-state index is -0.378. The van der Waals surface area contributed by atoms with Crippen LogP contribution in [-0.2, 0) is 9.59 Å². The Morgan fingerprint density at radius 1 is 1.26 bits per heavy atom. The van der Waals surface area contributed by atoms with Crippen molar-refractivity contribution >= 4 is 44.2 Å². The fraction of sp³-hybridized carbons (Fsp3) is 0.0769. The number of nitrogens with zero attached hydrogens (tertiary/aromatic N) is 1. The number of rotatable bonds is 1. The maximum Gasteiger partial charge on any atom is 0.268 e. The lowest BCUT2D eigenvalue weighted by Crippen LogP contribution is -2.26. The molecule has 19 heavy (non-hydrogen) atoms. The van der Waals surface area contributed by atoms with Gasteiger partial charge in [-0.3, -0.25) is 14.5 Å². The molecule has 0 saturated carbocycles. The number of amides is 2. The molecule has 1 aliphatic rings. The van der Waals surface area contributed by atoms with Crippen molar-refractivity contribution in [2.75, 3.05) is 7.05 Å². The van der Waals surface area contributed by atoms with Gasteiger partial charge in [0, 0.05) is 29.7 Å². The summed E-state index contributed by atoms with van der Waals surface area (Å²) in [5, 5.41) is 0.699. The van der Waals surface area contributed by atoms with Crippen LogP contribution in [0.5, 0.6) is 0 Å². The average molecular weight is 323 g/mol. The van der Waals surface area contributed by atoms with Gasteiger partial charge in [0.25, 0.3) is 11.8 Å². The molecule has 0 aliphatic carbocycles. The molecule has 0 saturated heterocycles. The minimum Gasteiger partial charge on any atom is -0.360 e. The molecule has 1 N–H and O–H groups in total. The fourth-order valence-corrected chi connectivity index (χ4v) is 2.80. The molecule has 0 radical (unpaired) electrons. The zero-order chi connectivity index (χ0) is 13.7. The van der Waals surface area contributed by atoms with E-state index in [1.807, 2.05) is 0 Å². The van der Waals surface area contributed by atoms with Crippen LogP contribution >= 0.6 is 15.9 Å². The lowest BCUT2D eigenvalue weighted by molar-refractivity contribution is -0.134. The Kier molecular flexibility index (Phi) is 2.56. The summed E-state index contributed by atoms with van der Waals surface area (Å²) in [7, 11) is 1.42.